The summed E-state index contributed by atoms with van der Waals surface area (Å²) in [6.07, 6.45) is 3.46. The second-order valence-electron chi connectivity index (χ2n) is 6.28. The van der Waals surface area contributed by atoms with E-state index in [2.05, 4.69) is 11.1 Å². The van der Waals surface area contributed by atoms with Crippen LogP contribution in [0.25, 0.3) is 28.1 Å². The molecule has 0 saturated heterocycles. The molecule has 0 aliphatic carbocycles. The zero-order valence-corrected chi connectivity index (χ0v) is 14.9. The lowest BCUT2D eigenvalue weighted by molar-refractivity contribution is 0.993. The molecule has 5 heteroatoms. The first kappa shape index (κ1) is 17.3. The Morgan fingerprint density at radius 1 is 0.929 bits per heavy atom. The minimum atomic E-state index is -0.216. The van der Waals surface area contributed by atoms with Gasteiger partial charge in [0.25, 0.3) is 5.56 Å². The van der Waals surface area contributed by atoms with Gasteiger partial charge in [0.15, 0.2) is 0 Å². The summed E-state index contributed by atoms with van der Waals surface area (Å²) in [5.74, 6) is 0. The highest BCUT2D eigenvalue weighted by Gasteiger charge is 2.14. The first-order valence-electron chi connectivity index (χ1n) is 8.71. The van der Waals surface area contributed by atoms with Gasteiger partial charge in [-0.1, -0.05) is 24.3 Å². The minimum Gasteiger partial charge on any atom is -0.399 e. The highest BCUT2D eigenvalue weighted by Crippen LogP contribution is 2.26. The molecular weight excluding hydrogens is 348 g/mol. The van der Waals surface area contributed by atoms with Crippen LogP contribution in [0, 0.1) is 11.3 Å². The Balaban J connectivity index is 2.03. The van der Waals surface area contributed by atoms with Gasteiger partial charge >= 0.3 is 0 Å². The number of anilines is 1. The molecule has 0 aliphatic rings. The lowest BCUT2D eigenvalue weighted by Crippen LogP contribution is -2.20. The highest BCUT2D eigenvalue weighted by molar-refractivity contribution is 5.75. The Morgan fingerprint density at radius 2 is 1.68 bits per heavy atom. The summed E-state index contributed by atoms with van der Waals surface area (Å²) in [5, 5.41) is 9.49. The van der Waals surface area contributed by atoms with Crippen molar-refractivity contribution in [2.45, 2.75) is 0 Å². The van der Waals surface area contributed by atoms with E-state index in [0.29, 0.717) is 28.1 Å². The van der Waals surface area contributed by atoms with Crippen LogP contribution in [0.2, 0.25) is 0 Å². The fraction of sp³-hybridized carbons (Fsp3) is 0. The average molecular weight is 364 g/mol. The molecule has 2 heterocycles. The molecule has 0 spiro atoms. The third-order valence-corrected chi connectivity index (χ3v) is 4.49. The van der Waals surface area contributed by atoms with Crippen molar-refractivity contribution < 1.29 is 0 Å². The first-order valence-corrected chi connectivity index (χ1v) is 8.71. The maximum Gasteiger partial charge on any atom is 0.263 e. The van der Waals surface area contributed by atoms with E-state index < -0.39 is 0 Å². The van der Waals surface area contributed by atoms with Crippen LogP contribution in [0.1, 0.15) is 5.56 Å². The summed E-state index contributed by atoms with van der Waals surface area (Å²) in [6, 6.07) is 23.7. The van der Waals surface area contributed by atoms with Gasteiger partial charge < -0.3 is 5.73 Å². The van der Waals surface area contributed by atoms with Crippen molar-refractivity contribution in [3.05, 3.63) is 101 Å². The van der Waals surface area contributed by atoms with E-state index in [9.17, 15) is 10.1 Å². The lowest BCUT2D eigenvalue weighted by atomic mass is 9.99. The molecule has 134 valence electrons. The fourth-order valence-corrected chi connectivity index (χ4v) is 3.09. The predicted molar refractivity (Wildman–Crippen MR) is 110 cm³/mol. The van der Waals surface area contributed by atoms with E-state index in [-0.39, 0.29) is 5.56 Å². The van der Waals surface area contributed by atoms with E-state index in [0.717, 1.165) is 11.3 Å². The molecule has 0 radical (unpaired) electrons. The van der Waals surface area contributed by atoms with E-state index >= 15 is 0 Å². The second kappa shape index (κ2) is 7.22. The summed E-state index contributed by atoms with van der Waals surface area (Å²) in [7, 11) is 0. The van der Waals surface area contributed by atoms with E-state index in [4.69, 9.17) is 5.73 Å². The molecule has 0 saturated carbocycles. The second-order valence-corrected chi connectivity index (χ2v) is 6.28. The summed E-state index contributed by atoms with van der Waals surface area (Å²) in [5.41, 5.74) is 9.88. The van der Waals surface area contributed by atoms with Crippen molar-refractivity contribution in [1.82, 2.24) is 9.55 Å². The summed E-state index contributed by atoms with van der Waals surface area (Å²) in [4.78, 5) is 17.7. The largest absolute Gasteiger partial charge is 0.399 e. The minimum absolute atomic E-state index is 0.216. The Kier molecular flexibility index (Phi) is 4.45. The number of aromatic nitrogens is 2. The molecular formula is C23H16N4O. The van der Waals surface area contributed by atoms with Crippen molar-refractivity contribution in [2.75, 3.05) is 5.73 Å². The number of hydrogen-bond acceptors (Lipinski definition) is 4. The predicted octanol–water partition coefficient (Wildman–Crippen LogP) is 4.02. The van der Waals surface area contributed by atoms with Crippen molar-refractivity contribution in [3.63, 3.8) is 0 Å². The number of hydrogen-bond donors (Lipinski definition) is 1. The molecule has 0 unspecified atom stereocenters. The normalized spacial score (nSPS) is 10.4. The Bertz CT molecular complexity index is 1240. The summed E-state index contributed by atoms with van der Waals surface area (Å²) < 4.78 is 1.56. The molecule has 2 aromatic carbocycles. The zero-order valence-electron chi connectivity index (χ0n) is 14.9. The number of pyridine rings is 2. The SMILES string of the molecule is N#Cc1ccccc1-c1cc(-c2ccccn2)cn(-c2ccc(N)cc2)c1=O. The van der Waals surface area contributed by atoms with E-state index in [1.54, 1.807) is 65.5 Å². The van der Waals surface area contributed by atoms with Gasteiger partial charge in [0.05, 0.1) is 17.3 Å². The Hall–Kier alpha value is -4.17. The number of nitrogen functional groups attached to an aromatic ring is 1. The summed E-state index contributed by atoms with van der Waals surface area (Å²) in [6.45, 7) is 0. The number of nitriles is 1. The van der Waals surface area contributed by atoms with Gasteiger partial charge in [-0.25, -0.2) is 0 Å². The van der Waals surface area contributed by atoms with Gasteiger partial charge in [-0.05, 0) is 48.5 Å². The standard InChI is InChI=1S/C23H16N4O/c24-14-16-5-1-2-6-20(16)21-13-17(22-7-3-4-12-26-22)15-27(23(21)28)19-10-8-18(25)9-11-19/h1-13,15H,25H2. The van der Waals surface area contributed by atoms with Crippen LogP contribution in [-0.2, 0) is 0 Å². The zero-order chi connectivity index (χ0) is 19.5. The molecule has 4 aromatic rings. The monoisotopic (exact) mass is 364 g/mol. The van der Waals surface area contributed by atoms with Crippen molar-refractivity contribution in [3.8, 4) is 34.1 Å². The maximum absolute atomic E-state index is 13.3. The van der Waals surface area contributed by atoms with Crippen LogP contribution in [0.3, 0.4) is 0 Å². The molecule has 0 bridgehead atoms. The van der Waals surface area contributed by atoms with Crippen LogP contribution in [0.4, 0.5) is 5.69 Å². The van der Waals surface area contributed by atoms with Crippen LogP contribution in [0.5, 0.6) is 0 Å². The Morgan fingerprint density at radius 3 is 2.39 bits per heavy atom. The number of rotatable bonds is 3. The fourth-order valence-electron chi connectivity index (χ4n) is 3.09. The molecule has 0 aliphatic heterocycles. The first-order chi connectivity index (χ1) is 13.7. The van der Waals surface area contributed by atoms with Crippen LogP contribution in [-0.4, -0.2) is 9.55 Å². The molecule has 5 nitrogen and oxygen atoms in total. The molecule has 0 atom stereocenters. The Labute approximate surface area is 162 Å². The highest BCUT2D eigenvalue weighted by atomic mass is 16.1. The van der Waals surface area contributed by atoms with E-state index in [1.165, 1.54) is 0 Å². The van der Waals surface area contributed by atoms with Gasteiger partial charge in [-0.2, -0.15) is 5.26 Å². The van der Waals surface area contributed by atoms with Crippen molar-refractivity contribution >= 4 is 5.69 Å². The molecule has 2 N–H and O–H groups in total. The summed E-state index contributed by atoms with van der Waals surface area (Å²) >= 11 is 0. The van der Waals surface area contributed by atoms with Gasteiger partial charge in [-0.15, -0.1) is 0 Å². The molecule has 4 rings (SSSR count). The van der Waals surface area contributed by atoms with Crippen LogP contribution >= 0.6 is 0 Å². The molecule has 2 aromatic heterocycles. The lowest BCUT2D eigenvalue weighted by Gasteiger charge is -2.13. The number of nitrogens with zero attached hydrogens (tertiary/aromatic N) is 3. The quantitative estimate of drug-likeness (QED) is 0.556. The van der Waals surface area contributed by atoms with Crippen molar-refractivity contribution in [1.29, 1.82) is 5.26 Å². The topological polar surface area (TPSA) is 84.7 Å². The van der Waals surface area contributed by atoms with Gasteiger partial charge in [-0.3, -0.25) is 14.3 Å². The maximum atomic E-state index is 13.3. The molecule has 0 amide bonds. The third-order valence-electron chi connectivity index (χ3n) is 4.49. The number of benzene rings is 2. The number of nitrogens with two attached hydrogens (primary N) is 1. The van der Waals surface area contributed by atoms with Gasteiger partial charge in [0.2, 0.25) is 0 Å². The molecule has 28 heavy (non-hydrogen) atoms. The van der Waals surface area contributed by atoms with Gasteiger partial charge in [0.1, 0.15) is 0 Å². The van der Waals surface area contributed by atoms with Crippen molar-refractivity contribution in [2.24, 2.45) is 0 Å². The average Bonchev–Trinajstić information content (AvgIpc) is 2.75. The van der Waals surface area contributed by atoms with Crippen LogP contribution < -0.4 is 11.3 Å². The van der Waals surface area contributed by atoms with Crippen LogP contribution in [0.15, 0.2) is 90.0 Å². The van der Waals surface area contributed by atoms with E-state index in [1.807, 2.05) is 24.3 Å². The smallest absolute Gasteiger partial charge is 0.263 e. The molecule has 0 fully saturated rings. The van der Waals surface area contributed by atoms with Gasteiger partial charge in [0, 0.05) is 40.5 Å². The third kappa shape index (κ3) is 3.15.